The van der Waals surface area contributed by atoms with Crippen LogP contribution >= 0.6 is 0 Å². The minimum Gasteiger partial charge on any atom is -0.403 e. The Balaban J connectivity index is 1.99. The first kappa shape index (κ1) is 14.5. The molecular formula is C15H17N3O4. The molecule has 0 radical (unpaired) electrons. The number of aromatic amines is 1. The average molecular weight is 303 g/mol. The SMILES string of the molecule is C=NOc1nc2oc(=O)cc(CCC3CCCC3)c2c(=O)[nH]1. The highest BCUT2D eigenvalue weighted by molar-refractivity contribution is 5.75. The van der Waals surface area contributed by atoms with Crippen molar-refractivity contribution in [2.45, 2.75) is 38.5 Å². The number of H-pyrrole nitrogens is 1. The number of nitrogens with one attached hydrogen (secondary N) is 1. The van der Waals surface area contributed by atoms with E-state index in [4.69, 9.17) is 9.25 Å². The first-order valence-electron chi connectivity index (χ1n) is 7.37. The van der Waals surface area contributed by atoms with E-state index >= 15 is 0 Å². The lowest BCUT2D eigenvalue weighted by Crippen LogP contribution is -2.15. The number of hydrogen-bond acceptors (Lipinski definition) is 6. The predicted octanol–water partition coefficient (Wildman–Crippen LogP) is 1.99. The fraction of sp³-hybridized carbons (Fsp3) is 0.467. The summed E-state index contributed by atoms with van der Waals surface area (Å²) in [5, 5.41) is 3.48. The summed E-state index contributed by atoms with van der Waals surface area (Å²) >= 11 is 0. The number of aryl methyl sites for hydroxylation is 1. The Morgan fingerprint density at radius 3 is 2.91 bits per heavy atom. The first-order chi connectivity index (χ1) is 10.7. The van der Waals surface area contributed by atoms with Gasteiger partial charge in [-0.3, -0.25) is 9.78 Å². The van der Waals surface area contributed by atoms with Crippen LogP contribution in [0.1, 0.15) is 37.7 Å². The monoisotopic (exact) mass is 303 g/mol. The molecule has 2 heterocycles. The van der Waals surface area contributed by atoms with Crippen molar-refractivity contribution in [3.63, 3.8) is 0 Å². The molecular weight excluding hydrogens is 286 g/mol. The Bertz CT molecular complexity index is 803. The molecule has 1 fully saturated rings. The van der Waals surface area contributed by atoms with E-state index in [1.54, 1.807) is 0 Å². The van der Waals surface area contributed by atoms with Crippen LogP contribution in [0.5, 0.6) is 6.01 Å². The molecule has 0 amide bonds. The largest absolute Gasteiger partial charge is 0.403 e. The summed E-state index contributed by atoms with van der Waals surface area (Å²) in [4.78, 5) is 35.0. The molecule has 0 aromatic carbocycles. The first-order valence-corrected chi connectivity index (χ1v) is 7.37. The summed E-state index contributed by atoms with van der Waals surface area (Å²) < 4.78 is 5.01. The average Bonchev–Trinajstić information content (AvgIpc) is 2.97. The van der Waals surface area contributed by atoms with Crippen molar-refractivity contribution >= 4 is 17.8 Å². The number of fused-ring (bicyclic) bond motifs is 1. The topological polar surface area (TPSA) is 97.5 Å². The second-order valence-electron chi connectivity index (χ2n) is 5.55. The lowest BCUT2D eigenvalue weighted by Gasteiger charge is -2.09. The zero-order valence-corrected chi connectivity index (χ0v) is 12.1. The van der Waals surface area contributed by atoms with E-state index in [1.807, 2.05) is 0 Å². The van der Waals surface area contributed by atoms with Gasteiger partial charge in [0.2, 0.25) is 5.71 Å². The zero-order chi connectivity index (χ0) is 15.5. The summed E-state index contributed by atoms with van der Waals surface area (Å²) in [6.07, 6.45) is 6.59. The van der Waals surface area contributed by atoms with Gasteiger partial charge in [-0.25, -0.2) is 4.79 Å². The molecule has 0 aliphatic heterocycles. The van der Waals surface area contributed by atoms with Crippen molar-refractivity contribution < 1.29 is 9.25 Å². The summed E-state index contributed by atoms with van der Waals surface area (Å²) in [5.74, 6) is 0.668. The van der Waals surface area contributed by atoms with Crippen molar-refractivity contribution in [1.82, 2.24) is 9.97 Å². The standard InChI is InChI=1S/C15H17N3O4/c1-16-22-15-17-13(20)12-10(7-6-9-4-2-3-5-9)8-11(19)21-14(12)18-15/h8-9H,1-7H2,(H,17,18,20). The Labute approximate surface area is 126 Å². The van der Waals surface area contributed by atoms with Gasteiger partial charge in [-0.2, -0.15) is 4.98 Å². The summed E-state index contributed by atoms with van der Waals surface area (Å²) in [6, 6.07) is 1.23. The zero-order valence-electron chi connectivity index (χ0n) is 12.1. The van der Waals surface area contributed by atoms with Crippen LogP contribution in [0, 0.1) is 5.92 Å². The molecule has 0 bridgehead atoms. The number of oxime groups is 1. The fourth-order valence-corrected chi connectivity index (χ4v) is 3.09. The maximum absolute atomic E-state index is 12.2. The van der Waals surface area contributed by atoms with Crippen molar-refractivity contribution in [3.05, 3.63) is 32.4 Å². The van der Waals surface area contributed by atoms with Crippen molar-refractivity contribution in [3.8, 4) is 6.01 Å². The molecule has 116 valence electrons. The second-order valence-corrected chi connectivity index (χ2v) is 5.55. The molecule has 0 saturated heterocycles. The van der Waals surface area contributed by atoms with Crippen LogP contribution in [0.25, 0.3) is 11.1 Å². The lowest BCUT2D eigenvalue weighted by atomic mass is 9.97. The van der Waals surface area contributed by atoms with E-state index in [2.05, 4.69) is 21.8 Å². The minimum absolute atomic E-state index is 0.0312. The third-order valence-corrected chi connectivity index (χ3v) is 4.12. The van der Waals surface area contributed by atoms with Gasteiger partial charge in [-0.05, 0) is 24.3 Å². The van der Waals surface area contributed by atoms with Crippen LogP contribution in [-0.4, -0.2) is 16.7 Å². The summed E-state index contributed by atoms with van der Waals surface area (Å²) in [5.41, 5.74) is -0.292. The normalized spacial score (nSPS) is 15.3. The predicted molar refractivity (Wildman–Crippen MR) is 81.4 cm³/mol. The van der Waals surface area contributed by atoms with Crippen LogP contribution in [0.15, 0.2) is 25.2 Å². The van der Waals surface area contributed by atoms with E-state index in [0.29, 0.717) is 23.3 Å². The Morgan fingerprint density at radius 2 is 2.18 bits per heavy atom. The van der Waals surface area contributed by atoms with Gasteiger partial charge in [0.15, 0.2) is 0 Å². The van der Waals surface area contributed by atoms with Crippen LogP contribution in [0.3, 0.4) is 0 Å². The Hall–Kier alpha value is -2.44. The highest BCUT2D eigenvalue weighted by Gasteiger charge is 2.18. The number of aromatic nitrogens is 2. The van der Waals surface area contributed by atoms with Gasteiger partial charge in [-0.15, -0.1) is 0 Å². The van der Waals surface area contributed by atoms with Crippen LogP contribution < -0.4 is 16.0 Å². The molecule has 1 aliphatic rings. The van der Waals surface area contributed by atoms with Gasteiger partial charge in [0.1, 0.15) is 5.39 Å². The molecule has 7 heteroatoms. The molecule has 2 aromatic rings. The van der Waals surface area contributed by atoms with E-state index in [0.717, 1.165) is 6.42 Å². The minimum atomic E-state index is -0.524. The second kappa shape index (κ2) is 6.13. The van der Waals surface area contributed by atoms with E-state index in [9.17, 15) is 9.59 Å². The molecule has 7 nitrogen and oxygen atoms in total. The van der Waals surface area contributed by atoms with Gasteiger partial charge in [0.05, 0.1) is 0 Å². The van der Waals surface area contributed by atoms with Crippen molar-refractivity contribution in [2.24, 2.45) is 11.1 Å². The lowest BCUT2D eigenvalue weighted by molar-refractivity contribution is 0.315. The van der Waals surface area contributed by atoms with Crippen LogP contribution in [0.4, 0.5) is 0 Å². The van der Waals surface area contributed by atoms with E-state index in [1.165, 1.54) is 31.7 Å². The maximum atomic E-state index is 12.2. The number of rotatable bonds is 5. The Kier molecular flexibility index (Phi) is 4.04. The third-order valence-electron chi connectivity index (χ3n) is 4.12. The fourth-order valence-electron chi connectivity index (χ4n) is 3.09. The van der Waals surface area contributed by atoms with E-state index < -0.39 is 11.2 Å². The van der Waals surface area contributed by atoms with E-state index in [-0.39, 0.29) is 11.7 Å². The van der Waals surface area contributed by atoms with Gasteiger partial charge >= 0.3 is 11.6 Å². The molecule has 0 unspecified atom stereocenters. The molecule has 2 aromatic heterocycles. The van der Waals surface area contributed by atoms with Crippen LogP contribution in [0.2, 0.25) is 0 Å². The maximum Gasteiger partial charge on any atom is 0.337 e. The Morgan fingerprint density at radius 1 is 1.41 bits per heavy atom. The highest BCUT2D eigenvalue weighted by atomic mass is 16.6. The smallest absolute Gasteiger partial charge is 0.337 e. The van der Waals surface area contributed by atoms with Gasteiger partial charge in [0.25, 0.3) is 5.56 Å². The molecule has 22 heavy (non-hydrogen) atoms. The molecule has 3 rings (SSSR count). The highest BCUT2D eigenvalue weighted by Crippen LogP contribution is 2.29. The number of hydrogen-bond donors (Lipinski definition) is 1. The molecule has 0 spiro atoms. The molecule has 1 saturated carbocycles. The third kappa shape index (κ3) is 2.93. The van der Waals surface area contributed by atoms with Gasteiger partial charge < -0.3 is 9.25 Å². The summed E-state index contributed by atoms with van der Waals surface area (Å²) in [6.45, 7) is 3.15. The quantitative estimate of drug-likeness (QED) is 0.673. The van der Waals surface area contributed by atoms with Crippen molar-refractivity contribution in [2.75, 3.05) is 0 Å². The molecule has 1 aliphatic carbocycles. The molecule has 1 N–H and O–H groups in total. The van der Waals surface area contributed by atoms with Gasteiger partial charge in [-0.1, -0.05) is 30.8 Å². The molecule has 0 atom stereocenters. The number of nitrogens with zero attached hydrogens (tertiary/aromatic N) is 2. The van der Waals surface area contributed by atoms with Crippen LogP contribution in [-0.2, 0) is 6.42 Å². The summed E-state index contributed by atoms with van der Waals surface area (Å²) in [7, 11) is 0. The van der Waals surface area contributed by atoms with Crippen molar-refractivity contribution in [1.29, 1.82) is 0 Å². The van der Waals surface area contributed by atoms with Gasteiger partial charge in [0, 0.05) is 12.8 Å².